The highest BCUT2D eigenvalue weighted by atomic mass is 14.2. The molecule has 0 fully saturated rings. The Morgan fingerprint density at radius 1 is 1.18 bits per heavy atom. The maximum Gasteiger partial charge on any atom is -0.0210 e. The SMILES string of the molecule is CCC1C=CC(CC)C(C)C1. The topological polar surface area (TPSA) is 0 Å². The second-order valence-electron chi connectivity index (χ2n) is 3.84. The predicted molar refractivity (Wildman–Crippen MR) is 50.5 cm³/mol. The molecule has 0 nitrogen and oxygen atoms in total. The van der Waals surface area contributed by atoms with E-state index >= 15 is 0 Å². The van der Waals surface area contributed by atoms with Crippen molar-refractivity contribution in [3.05, 3.63) is 12.2 Å². The fourth-order valence-electron chi connectivity index (χ4n) is 2.06. The lowest BCUT2D eigenvalue weighted by atomic mass is 9.78. The molecule has 0 aromatic heterocycles. The van der Waals surface area contributed by atoms with Crippen LogP contribution in [0.3, 0.4) is 0 Å². The van der Waals surface area contributed by atoms with Crippen molar-refractivity contribution in [1.82, 2.24) is 0 Å². The number of hydrogen-bond donors (Lipinski definition) is 0. The monoisotopic (exact) mass is 152 g/mol. The Morgan fingerprint density at radius 3 is 2.36 bits per heavy atom. The van der Waals surface area contributed by atoms with Gasteiger partial charge in [-0.25, -0.2) is 0 Å². The lowest BCUT2D eigenvalue weighted by Gasteiger charge is -2.27. The van der Waals surface area contributed by atoms with Crippen LogP contribution in [-0.2, 0) is 0 Å². The van der Waals surface area contributed by atoms with Crippen LogP contribution in [0.15, 0.2) is 12.2 Å². The van der Waals surface area contributed by atoms with E-state index in [1.54, 1.807) is 0 Å². The molecule has 1 rings (SSSR count). The van der Waals surface area contributed by atoms with Gasteiger partial charge in [-0.05, 0) is 37.0 Å². The van der Waals surface area contributed by atoms with E-state index in [1.807, 2.05) is 0 Å². The molecule has 1 aliphatic rings. The molecule has 0 saturated heterocycles. The lowest BCUT2D eigenvalue weighted by molar-refractivity contribution is 0.322. The smallest absolute Gasteiger partial charge is 0.0210 e. The van der Waals surface area contributed by atoms with E-state index in [-0.39, 0.29) is 0 Å². The molecule has 0 bridgehead atoms. The van der Waals surface area contributed by atoms with E-state index in [0.29, 0.717) is 0 Å². The number of allylic oxidation sites excluding steroid dienone is 2. The highest BCUT2D eigenvalue weighted by Gasteiger charge is 2.19. The molecular weight excluding hydrogens is 132 g/mol. The van der Waals surface area contributed by atoms with Crippen molar-refractivity contribution >= 4 is 0 Å². The first-order chi connectivity index (χ1) is 5.27. The molecule has 0 saturated carbocycles. The van der Waals surface area contributed by atoms with Crippen LogP contribution in [0, 0.1) is 17.8 Å². The largest absolute Gasteiger partial charge is 0.0851 e. The Kier molecular flexibility index (Phi) is 3.16. The summed E-state index contributed by atoms with van der Waals surface area (Å²) in [7, 11) is 0. The summed E-state index contributed by atoms with van der Waals surface area (Å²) in [5.41, 5.74) is 0. The van der Waals surface area contributed by atoms with Gasteiger partial charge in [-0.3, -0.25) is 0 Å². The minimum atomic E-state index is 0.859. The molecule has 11 heavy (non-hydrogen) atoms. The lowest BCUT2D eigenvalue weighted by Crippen LogP contribution is -2.17. The Hall–Kier alpha value is -0.260. The van der Waals surface area contributed by atoms with Gasteiger partial charge in [0, 0.05) is 0 Å². The summed E-state index contributed by atoms with van der Waals surface area (Å²) in [4.78, 5) is 0. The third-order valence-electron chi connectivity index (χ3n) is 3.03. The van der Waals surface area contributed by atoms with Crippen LogP contribution in [0.4, 0.5) is 0 Å². The molecule has 0 radical (unpaired) electrons. The zero-order chi connectivity index (χ0) is 8.27. The number of hydrogen-bond acceptors (Lipinski definition) is 0. The third-order valence-corrected chi connectivity index (χ3v) is 3.03. The predicted octanol–water partition coefficient (Wildman–Crippen LogP) is 3.63. The van der Waals surface area contributed by atoms with Crippen molar-refractivity contribution in [3.63, 3.8) is 0 Å². The first-order valence-electron chi connectivity index (χ1n) is 4.96. The van der Waals surface area contributed by atoms with Crippen molar-refractivity contribution in [3.8, 4) is 0 Å². The Balaban J connectivity index is 2.51. The standard InChI is InChI=1S/C11H20/c1-4-10-6-7-11(5-2)9(3)8-10/h6-7,9-11H,4-5,8H2,1-3H3. The maximum absolute atomic E-state index is 2.43. The molecule has 0 spiro atoms. The summed E-state index contributed by atoms with van der Waals surface area (Å²) in [6.07, 6.45) is 8.90. The quantitative estimate of drug-likeness (QED) is 0.530. The molecule has 3 atom stereocenters. The van der Waals surface area contributed by atoms with Crippen LogP contribution in [0.1, 0.15) is 40.0 Å². The molecule has 0 amide bonds. The van der Waals surface area contributed by atoms with E-state index in [2.05, 4.69) is 32.9 Å². The van der Waals surface area contributed by atoms with Gasteiger partial charge in [-0.1, -0.05) is 32.9 Å². The summed E-state index contributed by atoms with van der Waals surface area (Å²) < 4.78 is 0. The molecule has 0 heterocycles. The van der Waals surface area contributed by atoms with Gasteiger partial charge in [0.05, 0.1) is 0 Å². The van der Waals surface area contributed by atoms with E-state index in [4.69, 9.17) is 0 Å². The zero-order valence-corrected chi connectivity index (χ0v) is 8.01. The zero-order valence-electron chi connectivity index (χ0n) is 8.01. The summed E-state index contributed by atoms with van der Waals surface area (Å²) >= 11 is 0. The minimum absolute atomic E-state index is 0.859. The summed E-state index contributed by atoms with van der Waals surface area (Å²) in [5, 5.41) is 0. The van der Waals surface area contributed by atoms with Crippen LogP contribution >= 0.6 is 0 Å². The molecule has 0 N–H and O–H groups in total. The molecule has 0 aromatic rings. The van der Waals surface area contributed by atoms with Gasteiger partial charge < -0.3 is 0 Å². The summed E-state index contributed by atoms with van der Waals surface area (Å²) in [5.74, 6) is 2.64. The molecular formula is C11H20. The highest BCUT2D eigenvalue weighted by molar-refractivity contribution is 4.99. The van der Waals surface area contributed by atoms with Crippen molar-refractivity contribution in [1.29, 1.82) is 0 Å². The molecule has 64 valence electrons. The fourth-order valence-corrected chi connectivity index (χ4v) is 2.06. The van der Waals surface area contributed by atoms with Gasteiger partial charge in [0.2, 0.25) is 0 Å². The molecule has 3 unspecified atom stereocenters. The van der Waals surface area contributed by atoms with Crippen molar-refractivity contribution in [2.45, 2.75) is 40.0 Å². The average molecular weight is 152 g/mol. The van der Waals surface area contributed by atoms with E-state index in [0.717, 1.165) is 17.8 Å². The van der Waals surface area contributed by atoms with Gasteiger partial charge in [0.15, 0.2) is 0 Å². The van der Waals surface area contributed by atoms with Crippen LogP contribution in [0.5, 0.6) is 0 Å². The second kappa shape index (κ2) is 3.94. The number of rotatable bonds is 2. The second-order valence-corrected chi connectivity index (χ2v) is 3.84. The average Bonchev–Trinajstić information content (AvgIpc) is 2.04. The fraction of sp³-hybridized carbons (Fsp3) is 0.818. The first kappa shape index (κ1) is 8.83. The Morgan fingerprint density at radius 2 is 1.91 bits per heavy atom. The van der Waals surface area contributed by atoms with E-state index < -0.39 is 0 Å². The summed E-state index contributed by atoms with van der Waals surface area (Å²) in [6.45, 7) is 6.96. The van der Waals surface area contributed by atoms with E-state index in [1.165, 1.54) is 19.3 Å². The molecule has 0 aliphatic heterocycles. The van der Waals surface area contributed by atoms with Crippen LogP contribution in [-0.4, -0.2) is 0 Å². The van der Waals surface area contributed by atoms with Crippen molar-refractivity contribution in [2.75, 3.05) is 0 Å². The maximum atomic E-state index is 2.43. The third kappa shape index (κ3) is 2.08. The van der Waals surface area contributed by atoms with Crippen molar-refractivity contribution in [2.24, 2.45) is 17.8 Å². The Labute approximate surface area is 70.7 Å². The molecule has 1 aliphatic carbocycles. The van der Waals surface area contributed by atoms with Crippen LogP contribution in [0.2, 0.25) is 0 Å². The van der Waals surface area contributed by atoms with Crippen LogP contribution in [0.25, 0.3) is 0 Å². The van der Waals surface area contributed by atoms with E-state index in [9.17, 15) is 0 Å². The van der Waals surface area contributed by atoms with Gasteiger partial charge in [-0.2, -0.15) is 0 Å². The van der Waals surface area contributed by atoms with Crippen molar-refractivity contribution < 1.29 is 0 Å². The van der Waals surface area contributed by atoms with Gasteiger partial charge >= 0.3 is 0 Å². The van der Waals surface area contributed by atoms with Gasteiger partial charge in [0.1, 0.15) is 0 Å². The molecule has 0 heteroatoms. The normalized spacial score (nSPS) is 37.5. The first-order valence-corrected chi connectivity index (χ1v) is 4.96. The molecule has 0 aromatic carbocycles. The highest BCUT2D eigenvalue weighted by Crippen LogP contribution is 2.31. The van der Waals surface area contributed by atoms with Gasteiger partial charge in [-0.15, -0.1) is 0 Å². The Bertz CT molecular complexity index is 135. The van der Waals surface area contributed by atoms with Gasteiger partial charge in [0.25, 0.3) is 0 Å². The minimum Gasteiger partial charge on any atom is -0.0851 e. The van der Waals surface area contributed by atoms with Crippen LogP contribution < -0.4 is 0 Å². The summed E-state index contributed by atoms with van der Waals surface area (Å²) in [6, 6.07) is 0.